The summed E-state index contributed by atoms with van der Waals surface area (Å²) >= 11 is 7.30. The zero-order valence-corrected chi connectivity index (χ0v) is 20.0. The zero-order valence-electron chi connectivity index (χ0n) is 18.3. The fraction of sp³-hybridized carbons (Fsp3) is 0.348. The Morgan fingerprint density at radius 2 is 2.06 bits per heavy atom. The minimum absolute atomic E-state index is 0.214. The fourth-order valence-electron chi connectivity index (χ4n) is 3.71. The lowest BCUT2D eigenvalue weighted by molar-refractivity contribution is 0.188. The molecule has 1 unspecified atom stereocenters. The molecular weight excluding hydrogens is 444 g/mol. The molecule has 0 aliphatic carbocycles. The van der Waals surface area contributed by atoms with E-state index in [4.69, 9.17) is 31.2 Å². The van der Waals surface area contributed by atoms with Gasteiger partial charge in [0.15, 0.2) is 5.11 Å². The van der Waals surface area contributed by atoms with Gasteiger partial charge in [0.05, 0.1) is 23.1 Å². The van der Waals surface area contributed by atoms with Crippen molar-refractivity contribution in [3.8, 4) is 16.5 Å². The normalized spacial score (nSPS) is 16.4. The van der Waals surface area contributed by atoms with Crippen LogP contribution < -0.4 is 10.1 Å². The number of benzene rings is 1. The molecule has 1 N–H and O–H groups in total. The van der Waals surface area contributed by atoms with E-state index in [-0.39, 0.29) is 6.04 Å². The first kappa shape index (κ1) is 22.4. The van der Waals surface area contributed by atoms with Crippen LogP contribution in [0.25, 0.3) is 16.3 Å². The van der Waals surface area contributed by atoms with Crippen LogP contribution in [0.4, 0.5) is 0 Å². The van der Waals surface area contributed by atoms with Crippen LogP contribution >= 0.6 is 23.6 Å². The van der Waals surface area contributed by atoms with Crippen molar-refractivity contribution in [3.63, 3.8) is 0 Å². The van der Waals surface area contributed by atoms with Crippen molar-refractivity contribution in [2.24, 2.45) is 0 Å². The van der Waals surface area contributed by atoms with Crippen LogP contribution in [0.5, 0.6) is 5.75 Å². The van der Waals surface area contributed by atoms with Gasteiger partial charge in [0.2, 0.25) is 5.82 Å². The number of nitrogens with one attached hydrogen (secondary N) is 1. The van der Waals surface area contributed by atoms with Crippen LogP contribution in [0.3, 0.4) is 0 Å². The molecule has 9 heteroatoms. The van der Waals surface area contributed by atoms with Gasteiger partial charge in [0.1, 0.15) is 5.75 Å². The van der Waals surface area contributed by atoms with Crippen LogP contribution in [-0.4, -0.2) is 47.0 Å². The summed E-state index contributed by atoms with van der Waals surface area (Å²) in [5.74, 6) is 1.90. The van der Waals surface area contributed by atoms with Gasteiger partial charge >= 0.3 is 0 Å². The molecule has 32 heavy (non-hydrogen) atoms. The number of hydrogen-bond donors (Lipinski definition) is 1. The molecule has 168 valence electrons. The van der Waals surface area contributed by atoms with Gasteiger partial charge in [-0.15, -0.1) is 11.3 Å². The summed E-state index contributed by atoms with van der Waals surface area (Å²) < 4.78 is 16.6. The maximum atomic E-state index is 5.75. The highest BCUT2D eigenvalue weighted by Crippen LogP contribution is 2.38. The van der Waals surface area contributed by atoms with E-state index < -0.39 is 0 Å². The zero-order chi connectivity index (χ0) is 22.5. The Labute approximate surface area is 197 Å². The fourth-order valence-corrected chi connectivity index (χ4v) is 4.70. The summed E-state index contributed by atoms with van der Waals surface area (Å²) in [4.78, 5) is 7.76. The summed E-state index contributed by atoms with van der Waals surface area (Å²) in [5.41, 5.74) is 2.94. The van der Waals surface area contributed by atoms with Gasteiger partial charge in [-0.25, -0.2) is 0 Å². The van der Waals surface area contributed by atoms with E-state index >= 15 is 0 Å². The van der Waals surface area contributed by atoms with Crippen LogP contribution in [0.2, 0.25) is 0 Å². The van der Waals surface area contributed by atoms with E-state index in [0.717, 1.165) is 40.4 Å². The van der Waals surface area contributed by atoms with Gasteiger partial charge in [0, 0.05) is 26.0 Å². The monoisotopic (exact) mass is 470 g/mol. The molecule has 2 aromatic heterocycles. The van der Waals surface area contributed by atoms with Crippen LogP contribution in [0.15, 0.2) is 52.0 Å². The van der Waals surface area contributed by atoms with Gasteiger partial charge in [-0.1, -0.05) is 23.4 Å². The van der Waals surface area contributed by atoms with E-state index in [1.165, 1.54) is 0 Å². The first-order valence-electron chi connectivity index (χ1n) is 10.5. The highest BCUT2D eigenvalue weighted by Gasteiger charge is 2.34. The lowest BCUT2D eigenvalue weighted by atomic mass is 9.94. The van der Waals surface area contributed by atoms with Gasteiger partial charge in [-0.2, -0.15) is 4.98 Å². The van der Waals surface area contributed by atoms with Crippen molar-refractivity contribution >= 4 is 34.2 Å². The number of rotatable bonds is 9. The molecule has 0 spiro atoms. The molecule has 4 rings (SSSR count). The average Bonchev–Trinajstić information content (AvgIpc) is 3.48. The Kier molecular flexibility index (Phi) is 7.19. The third-order valence-corrected chi connectivity index (χ3v) is 6.45. The van der Waals surface area contributed by atoms with Crippen molar-refractivity contribution in [2.45, 2.75) is 26.3 Å². The van der Waals surface area contributed by atoms with Gasteiger partial charge in [-0.05, 0) is 61.6 Å². The number of thiocarbonyl (C=S) groups is 1. The molecule has 0 bridgehead atoms. The summed E-state index contributed by atoms with van der Waals surface area (Å²) in [7, 11) is 1.70. The number of thiophene rings is 1. The number of ether oxygens (including phenoxy) is 2. The van der Waals surface area contributed by atoms with Gasteiger partial charge in [0.25, 0.3) is 5.89 Å². The van der Waals surface area contributed by atoms with Crippen molar-refractivity contribution in [1.29, 1.82) is 0 Å². The van der Waals surface area contributed by atoms with Crippen LogP contribution in [0.1, 0.15) is 37.8 Å². The molecule has 3 aromatic rings. The second kappa shape index (κ2) is 10.2. The Bertz CT molecular complexity index is 1080. The second-order valence-corrected chi connectivity index (χ2v) is 8.62. The second-order valence-electron chi connectivity index (χ2n) is 7.28. The standard InChI is InChI=1S/C23H26N4O3S2/c1-4-29-17-10-8-16(9-11-17)20-19(15(2)27(23(31)24-20)12-6-13-28-3)22-25-21(26-30-22)18-7-5-14-32-18/h5,7-11,14,20H,4,6,12-13H2,1-3H3,(H,24,31). The maximum absolute atomic E-state index is 5.75. The smallest absolute Gasteiger partial charge is 0.258 e. The molecule has 1 aromatic carbocycles. The molecule has 7 nitrogen and oxygen atoms in total. The predicted molar refractivity (Wildman–Crippen MR) is 129 cm³/mol. The molecule has 0 fully saturated rings. The highest BCUT2D eigenvalue weighted by atomic mass is 32.1. The maximum Gasteiger partial charge on any atom is 0.258 e. The quantitative estimate of drug-likeness (QED) is 0.350. The lowest BCUT2D eigenvalue weighted by Crippen LogP contribution is -2.46. The predicted octanol–water partition coefficient (Wildman–Crippen LogP) is 4.90. The summed E-state index contributed by atoms with van der Waals surface area (Å²) in [6.45, 7) is 6.04. The Morgan fingerprint density at radius 1 is 1.25 bits per heavy atom. The molecule has 1 atom stereocenters. The van der Waals surface area contributed by atoms with E-state index in [1.807, 2.05) is 55.6 Å². The Morgan fingerprint density at radius 3 is 2.75 bits per heavy atom. The first-order valence-corrected chi connectivity index (χ1v) is 11.8. The number of allylic oxidation sites excluding steroid dienone is 1. The van der Waals surface area contributed by atoms with E-state index in [9.17, 15) is 0 Å². The van der Waals surface area contributed by atoms with Crippen molar-refractivity contribution in [1.82, 2.24) is 20.4 Å². The molecule has 0 amide bonds. The van der Waals surface area contributed by atoms with E-state index in [0.29, 0.717) is 30.0 Å². The minimum atomic E-state index is -0.214. The molecule has 0 saturated heterocycles. The van der Waals surface area contributed by atoms with Crippen LogP contribution in [0, 0.1) is 0 Å². The minimum Gasteiger partial charge on any atom is -0.494 e. The largest absolute Gasteiger partial charge is 0.494 e. The third-order valence-electron chi connectivity index (χ3n) is 5.25. The highest BCUT2D eigenvalue weighted by molar-refractivity contribution is 7.80. The molecule has 1 aliphatic heterocycles. The number of methoxy groups -OCH3 is 1. The Balaban J connectivity index is 1.73. The lowest BCUT2D eigenvalue weighted by Gasteiger charge is -2.37. The average molecular weight is 471 g/mol. The SMILES string of the molecule is CCOc1ccc(C2NC(=S)N(CCCOC)C(C)=C2c2nc(-c3cccs3)no2)cc1. The molecule has 1 aliphatic rings. The topological polar surface area (TPSA) is 72.7 Å². The summed E-state index contributed by atoms with van der Waals surface area (Å²) in [6, 6.07) is 11.7. The number of hydrogen-bond acceptors (Lipinski definition) is 7. The summed E-state index contributed by atoms with van der Waals surface area (Å²) in [5, 5.41) is 10.4. The first-order chi connectivity index (χ1) is 15.6. The molecule has 0 saturated carbocycles. The van der Waals surface area contributed by atoms with E-state index in [2.05, 4.69) is 15.4 Å². The van der Waals surface area contributed by atoms with Crippen molar-refractivity contribution in [3.05, 3.63) is 58.9 Å². The summed E-state index contributed by atoms with van der Waals surface area (Å²) in [6.07, 6.45) is 0.848. The number of aromatic nitrogens is 2. The number of nitrogens with zero attached hydrogens (tertiary/aromatic N) is 3. The van der Waals surface area contributed by atoms with Crippen molar-refractivity contribution < 1.29 is 14.0 Å². The molecular formula is C23H26N4O3S2. The molecule has 0 radical (unpaired) electrons. The third kappa shape index (κ3) is 4.69. The van der Waals surface area contributed by atoms with Gasteiger partial charge in [-0.3, -0.25) is 0 Å². The van der Waals surface area contributed by atoms with Gasteiger partial charge < -0.3 is 24.2 Å². The van der Waals surface area contributed by atoms with Crippen molar-refractivity contribution in [2.75, 3.05) is 26.9 Å². The van der Waals surface area contributed by atoms with E-state index in [1.54, 1.807) is 18.4 Å². The van der Waals surface area contributed by atoms with Crippen LogP contribution in [-0.2, 0) is 4.74 Å². The Hall–Kier alpha value is -2.75. The molecule has 3 heterocycles.